The van der Waals surface area contributed by atoms with Crippen LogP contribution in [0.15, 0.2) is 40.0 Å². The second kappa shape index (κ2) is 5.63. The summed E-state index contributed by atoms with van der Waals surface area (Å²) in [5.74, 6) is -0.495. The Morgan fingerprint density at radius 3 is 2.70 bits per heavy atom. The first-order chi connectivity index (χ1) is 9.30. The molecule has 0 N–H and O–H groups in total. The smallest absolute Gasteiger partial charge is 0.244 e. The minimum absolute atomic E-state index is 0.0327. The Morgan fingerprint density at radius 2 is 2.15 bits per heavy atom. The van der Waals surface area contributed by atoms with Gasteiger partial charge in [-0.15, -0.1) is 0 Å². The molecule has 2 aromatic rings. The first kappa shape index (κ1) is 15.1. The number of aryl methyl sites for hydroxylation is 1. The monoisotopic (exact) mass is 361 g/mol. The van der Waals surface area contributed by atoms with Crippen LogP contribution in [0.25, 0.3) is 0 Å². The van der Waals surface area contributed by atoms with Crippen molar-refractivity contribution >= 4 is 26.0 Å². The van der Waals surface area contributed by atoms with Crippen LogP contribution in [0.3, 0.4) is 0 Å². The van der Waals surface area contributed by atoms with Crippen LogP contribution in [0.5, 0.6) is 0 Å². The minimum atomic E-state index is -3.69. The summed E-state index contributed by atoms with van der Waals surface area (Å²) >= 11 is 3.08. The summed E-state index contributed by atoms with van der Waals surface area (Å²) in [6.45, 7) is 0.194. The van der Waals surface area contributed by atoms with E-state index in [1.807, 2.05) is 0 Å². The normalized spacial score (nSPS) is 12.1. The number of halogens is 2. The fourth-order valence-electron chi connectivity index (χ4n) is 1.75. The zero-order valence-electron chi connectivity index (χ0n) is 10.9. The number of sulfonamides is 1. The highest BCUT2D eigenvalue weighted by molar-refractivity contribution is 9.10. The van der Waals surface area contributed by atoms with Crippen LogP contribution in [0, 0.1) is 5.82 Å². The summed E-state index contributed by atoms with van der Waals surface area (Å²) in [6, 6.07) is 3.49. The summed E-state index contributed by atoms with van der Waals surface area (Å²) < 4.78 is 40.9. The molecule has 8 heteroatoms. The highest BCUT2D eigenvalue weighted by atomic mass is 79.9. The van der Waals surface area contributed by atoms with E-state index in [1.165, 1.54) is 17.4 Å². The van der Waals surface area contributed by atoms with Crippen molar-refractivity contribution in [2.24, 2.45) is 7.05 Å². The van der Waals surface area contributed by atoms with Crippen molar-refractivity contribution in [2.75, 3.05) is 7.05 Å². The zero-order valence-corrected chi connectivity index (χ0v) is 13.3. The lowest BCUT2D eigenvalue weighted by atomic mass is 10.3. The molecule has 0 saturated carbocycles. The average Bonchev–Trinajstić information content (AvgIpc) is 2.74. The SMILES string of the molecule is CN(Cc1cnn(C)c1)S(=O)(=O)c1ccc(F)cc1Br. The molecular formula is C12H13BrFN3O2S. The van der Waals surface area contributed by atoms with E-state index in [9.17, 15) is 12.8 Å². The topological polar surface area (TPSA) is 55.2 Å². The third kappa shape index (κ3) is 3.08. The average molecular weight is 362 g/mol. The molecule has 108 valence electrons. The van der Waals surface area contributed by atoms with E-state index in [4.69, 9.17) is 0 Å². The van der Waals surface area contributed by atoms with Crippen molar-refractivity contribution in [2.45, 2.75) is 11.4 Å². The van der Waals surface area contributed by atoms with Crippen molar-refractivity contribution in [1.82, 2.24) is 14.1 Å². The molecule has 0 saturated heterocycles. The van der Waals surface area contributed by atoms with E-state index < -0.39 is 15.8 Å². The van der Waals surface area contributed by atoms with E-state index in [2.05, 4.69) is 21.0 Å². The van der Waals surface area contributed by atoms with E-state index >= 15 is 0 Å². The van der Waals surface area contributed by atoms with Gasteiger partial charge in [0.25, 0.3) is 0 Å². The van der Waals surface area contributed by atoms with Crippen LogP contribution in [-0.2, 0) is 23.6 Å². The van der Waals surface area contributed by atoms with E-state index in [1.54, 1.807) is 24.1 Å². The number of hydrogen-bond acceptors (Lipinski definition) is 3. The van der Waals surface area contributed by atoms with Crippen LogP contribution >= 0.6 is 15.9 Å². The Kier molecular flexibility index (Phi) is 4.26. The van der Waals surface area contributed by atoms with Crippen LogP contribution in [0.1, 0.15) is 5.56 Å². The number of rotatable bonds is 4. The maximum absolute atomic E-state index is 13.0. The molecule has 0 atom stereocenters. The fourth-order valence-corrected chi connectivity index (χ4v) is 3.91. The molecule has 0 aliphatic carbocycles. The molecule has 0 amide bonds. The molecule has 0 fully saturated rings. The van der Waals surface area contributed by atoms with Crippen molar-refractivity contribution < 1.29 is 12.8 Å². The maximum atomic E-state index is 13.0. The van der Waals surface area contributed by atoms with Crippen molar-refractivity contribution in [1.29, 1.82) is 0 Å². The molecule has 0 aliphatic heterocycles. The Hall–Kier alpha value is -1.25. The number of nitrogens with zero attached hydrogens (tertiary/aromatic N) is 3. The molecule has 5 nitrogen and oxygen atoms in total. The van der Waals surface area contributed by atoms with Gasteiger partial charge in [-0.1, -0.05) is 0 Å². The maximum Gasteiger partial charge on any atom is 0.244 e. The van der Waals surface area contributed by atoms with Gasteiger partial charge >= 0.3 is 0 Å². The molecule has 0 radical (unpaired) electrons. The van der Waals surface area contributed by atoms with Crippen LogP contribution in [-0.4, -0.2) is 29.6 Å². The van der Waals surface area contributed by atoms with Gasteiger partial charge in [0, 0.05) is 36.9 Å². The van der Waals surface area contributed by atoms with Crippen LogP contribution in [0.2, 0.25) is 0 Å². The highest BCUT2D eigenvalue weighted by Gasteiger charge is 2.24. The lowest BCUT2D eigenvalue weighted by Crippen LogP contribution is -2.26. The van der Waals surface area contributed by atoms with Gasteiger partial charge < -0.3 is 0 Å². The summed E-state index contributed by atoms with van der Waals surface area (Å²) in [4.78, 5) is 0.0327. The molecule has 2 rings (SSSR count). The van der Waals surface area contributed by atoms with E-state index in [-0.39, 0.29) is 15.9 Å². The molecule has 1 aromatic carbocycles. The molecule has 0 spiro atoms. The van der Waals surface area contributed by atoms with Gasteiger partial charge in [0.05, 0.1) is 11.1 Å². The Labute approximate surface area is 125 Å². The second-order valence-electron chi connectivity index (χ2n) is 4.36. The summed E-state index contributed by atoms with van der Waals surface area (Å²) in [6.07, 6.45) is 3.34. The lowest BCUT2D eigenvalue weighted by molar-refractivity contribution is 0.466. The number of aromatic nitrogens is 2. The van der Waals surface area contributed by atoms with Gasteiger partial charge in [0.1, 0.15) is 5.82 Å². The largest absolute Gasteiger partial charge is 0.275 e. The van der Waals surface area contributed by atoms with Crippen molar-refractivity contribution in [3.8, 4) is 0 Å². The van der Waals surface area contributed by atoms with E-state index in [0.29, 0.717) is 0 Å². The zero-order chi connectivity index (χ0) is 14.9. The molecule has 0 unspecified atom stereocenters. The predicted molar refractivity (Wildman–Crippen MR) is 76.0 cm³/mol. The van der Waals surface area contributed by atoms with Crippen LogP contribution in [0.4, 0.5) is 4.39 Å². The second-order valence-corrected chi connectivity index (χ2v) is 7.23. The molecule has 1 aromatic heterocycles. The quantitative estimate of drug-likeness (QED) is 0.838. The first-order valence-electron chi connectivity index (χ1n) is 5.69. The van der Waals surface area contributed by atoms with E-state index in [0.717, 1.165) is 17.7 Å². The third-order valence-corrected chi connectivity index (χ3v) is 5.53. The predicted octanol–water partition coefficient (Wildman–Crippen LogP) is 2.14. The highest BCUT2D eigenvalue weighted by Crippen LogP contribution is 2.26. The Balaban J connectivity index is 2.29. The standard InChI is InChI=1S/C12H13BrFN3O2S/c1-16-7-9(6-15-16)8-17(2)20(18,19)12-4-3-10(14)5-11(12)13/h3-7H,8H2,1-2H3. The van der Waals surface area contributed by atoms with Crippen molar-refractivity contribution in [3.63, 3.8) is 0 Å². The number of hydrogen-bond donors (Lipinski definition) is 0. The molecule has 20 heavy (non-hydrogen) atoms. The molecule has 0 aliphatic rings. The Morgan fingerprint density at radius 1 is 1.45 bits per heavy atom. The Bertz CT molecular complexity index is 730. The molecule has 1 heterocycles. The van der Waals surface area contributed by atoms with Gasteiger partial charge in [-0.05, 0) is 34.1 Å². The van der Waals surface area contributed by atoms with Gasteiger partial charge in [-0.25, -0.2) is 12.8 Å². The lowest BCUT2D eigenvalue weighted by Gasteiger charge is -2.17. The van der Waals surface area contributed by atoms with Gasteiger partial charge in [0.2, 0.25) is 10.0 Å². The van der Waals surface area contributed by atoms with Crippen molar-refractivity contribution in [3.05, 3.63) is 46.4 Å². The third-order valence-electron chi connectivity index (χ3n) is 2.75. The summed E-state index contributed by atoms with van der Waals surface area (Å²) in [5, 5.41) is 3.99. The summed E-state index contributed by atoms with van der Waals surface area (Å²) in [5.41, 5.74) is 0.775. The van der Waals surface area contributed by atoms with Gasteiger partial charge in [0.15, 0.2) is 0 Å². The van der Waals surface area contributed by atoms with Gasteiger partial charge in [-0.2, -0.15) is 9.40 Å². The number of benzene rings is 1. The fraction of sp³-hybridized carbons (Fsp3) is 0.250. The summed E-state index contributed by atoms with van der Waals surface area (Å²) in [7, 11) is -0.464. The molecular weight excluding hydrogens is 349 g/mol. The molecule has 0 bridgehead atoms. The minimum Gasteiger partial charge on any atom is -0.275 e. The van der Waals surface area contributed by atoms with Crippen LogP contribution < -0.4 is 0 Å². The first-order valence-corrected chi connectivity index (χ1v) is 7.93. The van der Waals surface area contributed by atoms with Gasteiger partial charge in [-0.3, -0.25) is 4.68 Å².